The van der Waals surface area contributed by atoms with Crippen molar-refractivity contribution < 1.29 is 9.21 Å². The zero-order valence-electron chi connectivity index (χ0n) is 13.0. The van der Waals surface area contributed by atoms with Gasteiger partial charge in [0.05, 0.1) is 6.26 Å². The molecule has 1 saturated carbocycles. The molecular formula is C17H21N3O2. The highest BCUT2D eigenvalue weighted by Crippen LogP contribution is 2.32. The maximum atomic E-state index is 12.6. The third-order valence-electron chi connectivity index (χ3n) is 3.91. The van der Waals surface area contributed by atoms with Gasteiger partial charge in [-0.1, -0.05) is 0 Å². The van der Waals surface area contributed by atoms with E-state index in [9.17, 15) is 4.79 Å². The van der Waals surface area contributed by atoms with E-state index in [0.29, 0.717) is 24.0 Å². The molecular weight excluding hydrogens is 278 g/mol. The third-order valence-corrected chi connectivity index (χ3v) is 3.91. The number of benzene rings is 1. The summed E-state index contributed by atoms with van der Waals surface area (Å²) in [6.45, 7) is 0.544. The molecule has 1 aliphatic carbocycles. The molecule has 0 bridgehead atoms. The van der Waals surface area contributed by atoms with Crippen molar-refractivity contribution in [3.05, 3.63) is 47.9 Å². The quantitative estimate of drug-likeness (QED) is 0.862. The first-order valence-electron chi connectivity index (χ1n) is 7.46. The number of nitrogen functional groups attached to an aromatic ring is 1. The first-order chi connectivity index (χ1) is 10.6. The zero-order chi connectivity index (χ0) is 15.7. The van der Waals surface area contributed by atoms with Crippen molar-refractivity contribution in [3.63, 3.8) is 0 Å². The average molecular weight is 299 g/mol. The largest absolute Gasteiger partial charge is 0.459 e. The first-order valence-corrected chi connectivity index (χ1v) is 7.46. The molecule has 0 unspecified atom stereocenters. The maximum Gasteiger partial charge on any atom is 0.290 e. The summed E-state index contributed by atoms with van der Waals surface area (Å²) in [6.07, 6.45) is 3.63. The number of amides is 1. The first kappa shape index (κ1) is 14.5. The number of anilines is 2. The van der Waals surface area contributed by atoms with Crippen LogP contribution in [0.4, 0.5) is 11.4 Å². The molecule has 1 aromatic heterocycles. The van der Waals surface area contributed by atoms with Crippen molar-refractivity contribution in [3.8, 4) is 0 Å². The number of carbonyl (C=O) groups excluding carboxylic acids is 1. The Labute approximate surface area is 130 Å². The molecule has 5 nitrogen and oxygen atoms in total. The number of hydrogen-bond donors (Lipinski definition) is 1. The van der Waals surface area contributed by atoms with Crippen molar-refractivity contribution in [1.29, 1.82) is 0 Å². The number of nitrogens with two attached hydrogens (primary N) is 1. The summed E-state index contributed by atoms with van der Waals surface area (Å²) < 4.78 is 5.27. The summed E-state index contributed by atoms with van der Waals surface area (Å²) in [6, 6.07) is 9.57. The van der Waals surface area contributed by atoms with Gasteiger partial charge in [-0.05, 0) is 48.7 Å². The monoisotopic (exact) mass is 299 g/mol. The normalized spacial score (nSPS) is 13.9. The number of furan rings is 1. The van der Waals surface area contributed by atoms with E-state index in [1.54, 1.807) is 12.1 Å². The van der Waals surface area contributed by atoms with E-state index in [1.165, 1.54) is 6.26 Å². The van der Waals surface area contributed by atoms with Gasteiger partial charge in [-0.25, -0.2) is 0 Å². The van der Waals surface area contributed by atoms with Gasteiger partial charge in [-0.2, -0.15) is 0 Å². The van der Waals surface area contributed by atoms with Crippen LogP contribution in [0.2, 0.25) is 0 Å². The molecule has 0 radical (unpaired) electrons. The molecule has 1 amide bonds. The molecule has 0 saturated heterocycles. The minimum Gasteiger partial charge on any atom is -0.459 e. The Morgan fingerprint density at radius 3 is 2.68 bits per heavy atom. The summed E-state index contributed by atoms with van der Waals surface area (Å²) in [4.78, 5) is 16.6. The van der Waals surface area contributed by atoms with Crippen LogP contribution in [0.5, 0.6) is 0 Å². The van der Waals surface area contributed by atoms with E-state index in [4.69, 9.17) is 10.2 Å². The van der Waals surface area contributed by atoms with Crippen LogP contribution >= 0.6 is 0 Å². The second-order valence-corrected chi connectivity index (χ2v) is 5.92. The van der Waals surface area contributed by atoms with Crippen LogP contribution in [-0.4, -0.2) is 30.9 Å². The third kappa shape index (κ3) is 2.93. The Balaban J connectivity index is 1.89. The molecule has 116 valence electrons. The predicted molar refractivity (Wildman–Crippen MR) is 86.8 cm³/mol. The van der Waals surface area contributed by atoms with E-state index in [-0.39, 0.29) is 5.91 Å². The topological polar surface area (TPSA) is 62.7 Å². The van der Waals surface area contributed by atoms with Crippen LogP contribution in [-0.2, 0) is 6.54 Å². The van der Waals surface area contributed by atoms with Crippen LogP contribution in [0, 0.1) is 0 Å². The van der Waals surface area contributed by atoms with Crippen molar-refractivity contribution in [1.82, 2.24) is 4.90 Å². The standard InChI is InChI=1S/C17H21N3O2/c1-19(2)15-8-5-13(18)10-12(15)11-20(14-6-7-14)17(21)16-4-3-9-22-16/h3-5,8-10,14H,6-7,11,18H2,1-2H3. The van der Waals surface area contributed by atoms with E-state index in [1.807, 2.05) is 42.1 Å². The average Bonchev–Trinajstić information content (AvgIpc) is 3.17. The Morgan fingerprint density at radius 2 is 2.09 bits per heavy atom. The lowest BCUT2D eigenvalue weighted by molar-refractivity contribution is 0.0697. The lowest BCUT2D eigenvalue weighted by Gasteiger charge is -2.25. The van der Waals surface area contributed by atoms with Gasteiger partial charge in [-0.3, -0.25) is 4.79 Å². The summed E-state index contributed by atoms with van der Waals surface area (Å²) in [5, 5.41) is 0. The summed E-state index contributed by atoms with van der Waals surface area (Å²) >= 11 is 0. The highest BCUT2D eigenvalue weighted by atomic mass is 16.3. The Bertz CT molecular complexity index is 661. The molecule has 1 fully saturated rings. The molecule has 2 N–H and O–H groups in total. The van der Waals surface area contributed by atoms with E-state index >= 15 is 0 Å². The SMILES string of the molecule is CN(C)c1ccc(N)cc1CN(C(=O)c1ccco1)C1CC1. The second kappa shape index (κ2) is 5.75. The van der Waals surface area contributed by atoms with Crippen LogP contribution in [0.15, 0.2) is 41.0 Å². The van der Waals surface area contributed by atoms with Gasteiger partial charge in [0.1, 0.15) is 0 Å². The summed E-state index contributed by atoms with van der Waals surface area (Å²) in [5.74, 6) is 0.335. The van der Waals surface area contributed by atoms with Crippen molar-refractivity contribution in [2.75, 3.05) is 24.7 Å². The fourth-order valence-corrected chi connectivity index (χ4v) is 2.65. The van der Waals surface area contributed by atoms with Crippen LogP contribution in [0.3, 0.4) is 0 Å². The molecule has 1 heterocycles. The van der Waals surface area contributed by atoms with Gasteiger partial charge in [0.15, 0.2) is 5.76 Å². The molecule has 0 atom stereocenters. The number of hydrogen-bond acceptors (Lipinski definition) is 4. The highest BCUT2D eigenvalue weighted by molar-refractivity contribution is 5.92. The fourth-order valence-electron chi connectivity index (χ4n) is 2.65. The maximum absolute atomic E-state index is 12.6. The number of carbonyl (C=O) groups is 1. The lowest BCUT2D eigenvalue weighted by Crippen LogP contribution is -2.33. The summed E-state index contributed by atoms with van der Waals surface area (Å²) in [5.41, 5.74) is 8.76. The van der Waals surface area contributed by atoms with Gasteiger partial charge in [0.2, 0.25) is 0 Å². The van der Waals surface area contributed by atoms with Crippen LogP contribution < -0.4 is 10.6 Å². The highest BCUT2D eigenvalue weighted by Gasteiger charge is 2.34. The molecule has 3 rings (SSSR count). The van der Waals surface area contributed by atoms with Crippen LogP contribution in [0.1, 0.15) is 29.0 Å². The minimum atomic E-state index is -0.0559. The van der Waals surface area contributed by atoms with Crippen molar-refractivity contribution in [2.45, 2.75) is 25.4 Å². The van der Waals surface area contributed by atoms with Crippen LogP contribution in [0.25, 0.3) is 0 Å². The Hall–Kier alpha value is -2.43. The molecule has 0 aliphatic heterocycles. The number of nitrogens with zero attached hydrogens (tertiary/aromatic N) is 2. The molecule has 1 aliphatic rings. The smallest absolute Gasteiger partial charge is 0.290 e. The Kier molecular flexibility index (Phi) is 3.79. The zero-order valence-corrected chi connectivity index (χ0v) is 13.0. The van der Waals surface area contributed by atoms with E-state index in [0.717, 1.165) is 24.1 Å². The lowest BCUT2D eigenvalue weighted by atomic mass is 10.1. The minimum absolute atomic E-state index is 0.0559. The van der Waals surface area contributed by atoms with E-state index < -0.39 is 0 Å². The van der Waals surface area contributed by atoms with Crippen molar-refractivity contribution >= 4 is 17.3 Å². The van der Waals surface area contributed by atoms with Gasteiger partial charge in [-0.15, -0.1) is 0 Å². The van der Waals surface area contributed by atoms with Gasteiger partial charge < -0.3 is 20.0 Å². The van der Waals surface area contributed by atoms with Gasteiger partial charge >= 0.3 is 0 Å². The molecule has 0 spiro atoms. The van der Waals surface area contributed by atoms with Gasteiger partial charge in [0, 0.05) is 38.1 Å². The molecule has 5 heteroatoms. The summed E-state index contributed by atoms with van der Waals surface area (Å²) in [7, 11) is 3.98. The molecule has 22 heavy (non-hydrogen) atoms. The van der Waals surface area contributed by atoms with Crippen molar-refractivity contribution in [2.24, 2.45) is 0 Å². The van der Waals surface area contributed by atoms with Gasteiger partial charge in [0.25, 0.3) is 5.91 Å². The fraction of sp³-hybridized carbons (Fsp3) is 0.353. The number of rotatable bonds is 5. The molecule has 2 aromatic rings. The predicted octanol–water partition coefficient (Wildman–Crippen LogP) is 2.73. The Morgan fingerprint density at radius 1 is 1.32 bits per heavy atom. The molecule has 1 aromatic carbocycles. The van der Waals surface area contributed by atoms with E-state index in [2.05, 4.69) is 0 Å². The second-order valence-electron chi connectivity index (χ2n) is 5.92.